The summed E-state index contributed by atoms with van der Waals surface area (Å²) in [6.07, 6.45) is 8.42. The van der Waals surface area contributed by atoms with E-state index in [9.17, 15) is 4.79 Å². The van der Waals surface area contributed by atoms with Crippen LogP contribution in [0.4, 0.5) is 5.95 Å². The van der Waals surface area contributed by atoms with Gasteiger partial charge in [0.2, 0.25) is 5.95 Å². The number of nitrogens with zero attached hydrogens (tertiary/aromatic N) is 3. The molecule has 2 aromatic rings. The molecule has 0 spiro atoms. The van der Waals surface area contributed by atoms with Gasteiger partial charge in [0.25, 0.3) is 0 Å². The molecular formula is C21H27BrN4O2. The number of nitrogens with one attached hydrogen (secondary N) is 1. The van der Waals surface area contributed by atoms with Crippen molar-refractivity contribution in [2.45, 2.75) is 58.4 Å². The van der Waals surface area contributed by atoms with Gasteiger partial charge < -0.3 is 10.1 Å². The zero-order valence-corrected chi connectivity index (χ0v) is 18.0. The highest BCUT2D eigenvalue weighted by Gasteiger charge is 2.34. The van der Waals surface area contributed by atoms with Crippen molar-refractivity contribution in [3.63, 3.8) is 0 Å². The number of hydrogen-bond donors (Lipinski definition) is 1. The molecule has 1 aromatic carbocycles. The maximum atomic E-state index is 13.0. The van der Waals surface area contributed by atoms with E-state index in [0.29, 0.717) is 18.1 Å². The van der Waals surface area contributed by atoms with Crippen LogP contribution in [0.2, 0.25) is 0 Å². The summed E-state index contributed by atoms with van der Waals surface area (Å²) < 4.78 is 8.30. The Kier molecular flexibility index (Phi) is 7.25. The maximum absolute atomic E-state index is 13.0. The number of unbranched alkanes of at least 4 members (excludes halogenated alkanes) is 5. The van der Waals surface area contributed by atoms with E-state index >= 15 is 0 Å². The zero-order valence-electron chi connectivity index (χ0n) is 16.4. The summed E-state index contributed by atoms with van der Waals surface area (Å²) in [4.78, 5) is 17.2. The molecule has 0 saturated carbocycles. The van der Waals surface area contributed by atoms with Crippen molar-refractivity contribution in [2.75, 3.05) is 11.9 Å². The van der Waals surface area contributed by atoms with E-state index in [0.717, 1.165) is 28.6 Å². The summed E-state index contributed by atoms with van der Waals surface area (Å²) in [5, 5.41) is 7.50. The summed E-state index contributed by atoms with van der Waals surface area (Å²) in [5.74, 6) is 0.319. The lowest BCUT2D eigenvalue weighted by Crippen LogP contribution is -2.29. The lowest BCUT2D eigenvalue weighted by atomic mass is 9.96. The van der Waals surface area contributed by atoms with Crippen molar-refractivity contribution in [3.05, 3.63) is 51.9 Å². The summed E-state index contributed by atoms with van der Waals surface area (Å²) >= 11 is 3.52. The monoisotopic (exact) mass is 446 g/mol. The van der Waals surface area contributed by atoms with Crippen LogP contribution in [0.5, 0.6) is 0 Å². The molecule has 0 unspecified atom stereocenters. The highest BCUT2D eigenvalue weighted by molar-refractivity contribution is 9.10. The van der Waals surface area contributed by atoms with E-state index in [1.54, 1.807) is 4.68 Å². The summed E-state index contributed by atoms with van der Waals surface area (Å²) in [7, 11) is 0. The smallest absolute Gasteiger partial charge is 0.338 e. The third-order valence-electron chi connectivity index (χ3n) is 4.91. The van der Waals surface area contributed by atoms with Gasteiger partial charge in [0.1, 0.15) is 12.4 Å². The first-order valence-corrected chi connectivity index (χ1v) is 10.7. The second-order valence-corrected chi connectivity index (χ2v) is 7.97. The molecule has 1 aliphatic heterocycles. The lowest BCUT2D eigenvalue weighted by molar-refractivity contribution is -0.139. The summed E-state index contributed by atoms with van der Waals surface area (Å²) in [5.41, 5.74) is 2.27. The summed E-state index contributed by atoms with van der Waals surface area (Å²) in [6.45, 7) is 4.53. The van der Waals surface area contributed by atoms with Crippen LogP contribution in [0.25, 0.3) is 0 Å². The first kappa shape index (κ1) is 20.6. The molecule has 1 N–H and O–H groups in total. The second-order valence-electron chi connectivity index (χ2n) is 7.05. The molecule has 0 amide bonds. The van der Waals surface area contributed by atoms with Crippen LogP contribution in [-0.2, 0) is 9.53 Å². The molecule has 6 nitrogen and oxygen atoms in total. The molecule has 1 aromatic heterocycles. The van der Waals surface area contributed by atoms with Crippen LogP contribution in [0.1, 0.15) is 64.0 Å². The third kappa shape index (κ3) is 4.82. The van der Waals surface area contributed by atoms with Gasteiger partial charge >= 0.3 is 5.97 Å². The molecule has 28 heavy (non-hydrogen) atoms. The minimum atomic E-state index is -0.367. The fourth-order valence-corrected chi connectivity index (χ4v) is 3.88. The first-order chi connectivity index (χ1) is 13.6. The molecular weight excluding hydrogens is 420 g/mol. The van der Waals surface area contributed by atoms with Gasteiger partial charge in [0.15, 0.2) is 0 Å². The second kappa shape index (κ2) is 9.87. The SMILES string of the molecule is CCCCCCCCOC(=O)C1=C(C)Nc2ncnn2[C@H]1c1cccc(Br)c1. The minimum Gasteiger partial charge on any atom is -0.462 e. The summed E-state index contributed by atoms with van der Waals surface area (Å²) in [6, 6.07) is 7.52. The van der Waals surface area contributed by atoms with E-state index < -0.39 is 0 Å². The molecule has 7 heteroatoms. The van der Waals surface area contributed by atoms with Gasteiger partial charge in [0, 0.05) is 10.2 Å². The number of ether oxygens (including phenoxy) is 1. The van der Waals surface area contributed by atoms with Crippen molar-refractivity contribution in [1.29, 1.82) is 0 Å². The Morgan fingerprint density at radius 1 is 1.25 bits per heavy atom. The number of esters is 1. The van der Waals surface area contributed by atoms with E-state index in [1.807, 2.05) is 31.2 Å². The Hall–Kier alpha value is -2.15. The molecule has 0 radical (unpaired) electrons. The maximum Gasteiger partial charge on any atom is 0.338 e. The van der Waals surface area contributed by atoms with Gasteiger partial charge in [-0.25, -0.2) is 9.48 Å². The molecule has 3 rings (SSSR count). The van der Waals surface area contributed by atoms with Crippen LogP contribution >= 0.6 is 15.9 Å². The largest absolute Gasteiger partial charge is 0.462 e. The molecule has 0 bridgehead atoms. The fourth-order valence-electron chi connectivity index (χ4n) is 3.47. The average molecular weight is 447 g/mol. The van der Waals surface area contributed by atoms with Crippen LogP contribution in [0.15, 0.2) is 46.3 Å². The first-order valence-electron chi connectivity index (χ1n) is 9.91. The highest BCUT2D eigenvalue weighted by atomic mass is 79.9. The van der Waals surface area contributed by atoms with Gasteiger partial charge in [0.05, 0.1) is 12.2 Å². The predicted octanol–water partition coefficient (Wildman–Crippen LogP) is 5.23. The van der Waals surface area contributed by atoms with Crippen LogP contribution in [-0.4, -0.2) is 27.3 Å². The Morgan fingerprint density at radius 3 is 2.82 bits per heavy atom. The molecule has 150 valence electrons. The van der Waals surface area contributed by atoms with Crippen molar-refractivity contribution in [1.82, 2.24) is 14.8 Å². The van der Waals surface area contributed by atoms with Crippen LogP contribution in [0.3, 0.4) is 0 Å². The Balaban J connectivity index is 1.73. The lowest BCUT2D eigenvalue weighted by Gasteiger charge is -2.28. The standard InChI is InChI=1S/C21H27BrN4O2/c1-3-4-5-6-7-8-12-28-20(27)18-15(2)25-21-23-14-24-26(21)19(18)16-10-9-11-17(22)13-16/h9-11,13-14,19H,3-8,12H2,1-2H3,(H,23,24,25)/t19-/m0/s1. The number of benzene rings is 1. The average Bonchev–Trinajstić information content (AvgIpc) is 3.14. The van der Waals surface area contributed by atoms with Gasteiger partial charge in [-0.05, 0) is 31.0 Å². The highest BCUT2D eigenvalue weighted by Crippen LogP contribution is 2.35. The van der Waals surface area contributed by atoms with E-state index in [1.165, 1.54) is 32.0 Å². The van der Waals surface area contributed by atoms with Crippen molar-refractivity contribution < 1.29 is 9.53 Å². The fraction of sp³-hybridized carbons (Fsp3) is 0.476. The molecule has 0 saturated heterocycles. The van der Waals surface area contributed by atoms with Crippen molar-refractivity contribution in [2.24, 2.45) is 0 Å². The van der Waals surface area contributed by atoms with E-state index in [-0.39, 0.29) is 12.0 Å². The minimum absolute atomic E-state index is 0.301. The number of rotatable bonds is 9. The molecule has 0 fully saturated rings. The number of anilines is 1. The van der Waals surface area contributed by atoms with Crippen molar-refractivity contribution in [3.8, 4) is 0 Å². The number of hydrogen-bond acceptors (Lipinski definition) is 5. The zero-order chi connectivity index (χ0) is 19.9. The molecule has 1 atom stereocenters. The number of allylic oxidation sites excluding steroid dienone is 1. The number of fused-ring (bicyclic) bond motifs is 1. The Labute approximate surface area is 174 Å². The quantitative estimate of drug-likeness (QED) is 0.421. The van der Waals surface area contributed by atoms with Crippen LogP contribution in [0, 0.1) is 0 Å². The van der Waals surface area contributed by atoms with Gasteiger partial charge in [-0.2, -0.15) is 10.1 Å². The topological polar surface area (TPSA) is 69.0 Å². The molecule has 0 aliphatic carbocycles. The third-order valence-corrected chi connectivity index (χ3v) is 5.40. The number of carbonyl (C=O) groups is 1. The van der Waals surface area contributed by atoms with E-state index in [2.05, 4.69) is 38.3 Å². The number of aromatic nitrogens is 3. The van der Waals surface area contributed by atoms with Gasteiger partial charge in [-0.1, -0.05) is 67.1 Å². The number of halogens is 1. The Morgan fingerprint density at radius 2 is 2.04 bits per heavy atom. The van der Waals surface area contributed by atoms with Crippen LogP contribution < -0.4 is 5.32 Å². The van der Waals surface area contributed by atoms with Gasteiger partial charge in [-0.3, -0.25) is 0 Å². The normalized spacial score (nSPS) is 15.9. The predicted molar refractivity (Wildman–Crippen MR) is 113 cm³/mol. The number of carbonyl (C=O) groups excluding carboxylic acids is 1. The Bertz CT molecular complexity index is 846. The molecule has 2 heterocycles. The van der Waals surface area contributed by atoms with E-state index in [4.69, 9.17) is 4.74 Å². The van der Waals surface area contributed by atoms with Crippen molar-refractivity contribution >= 4 is 27.8 Å². The molecule has 1 aliphatic rings. The van der Waals surface area contributed by atoms with Gasteiger partial charge in [-0.15, -0.1) is 0 Å².